The number of hydrogen-bond acceptors (Lipinski definition) is 5. The van der Waals surface area contributed by atoms with Gasteiger partial charge in [-0.1, -0.05) is 36.4 Å². The van der Waals surface area contributed by atoms with Gasteiger partial charge in [0.1, 0.15) is 0 Å². The van der Waals surface area contributed by atoms with Crippen LogP contribution in [-0.4, -0.2) is 25.2 Å². The van der Waals surface area contributed by atoms with Gasteiger partial charge in [-0.05, 0) is 49.2 Å². The number of fused-ring (bicyclic) bond motifs is 1. The number of carbonyl (C=O) groups is 1. The second-order valence-corrected chi connectivity index (χ2v) is 9.01. The number of benzene rings is 2. The highest BCUT2D eigenvalue weighted by molar-refractivity contribution is 7.92. The Labute approximate surface area is 175 Å². The van der Waals surface area contributed by atoms with Crippen molar-refractivity contribution in [2.45, 2.75) is 30.2 Å². The lowest BCUT2D eigenvalue weighted by molar-refractivity contribution is 0.0977. The van der Waals surface area contributed by atoms with Gasteiger partial charge in [-0.2, -0.15) is 5.26 Å². The smallest absolute Gasteiger partial charge is 0.264 e. The summed E-state index contributed by atoms with van der Waals surface area (Å²) in [6, 6.07) is 20.0. The molecule has 0 N–H and O–H groups in total. The molecule has 150 valence electrons. The van der Waals surface area contributed by atoms with Crippen molar-refractivity contribution in [1.29, 1.82) is 5.26 Å². The average molecular weight is 417 g/mol. The maximum absolute atomic E-state index is 13.4. The second-order valence-electron chi connectivity index (χ2n) is 7.19. The number of aromatic nitrogens is 1. The number of para-hydroxylation sites is 1. The van der Waals surface area contributed by atoms with Crippen LogP contribution in [0.4, 0.5) is 5.69 Å². The zero-order chi connectivity index (χ0) is 21.3. The van der Waals surface area contributed by atoms with Crippen molar-refractivity contribution in [2.24, 2.45) is 0 Å². The summed E-state index contributed by atoms with van der Waals surface area (Å²) in [6.45, 7) is 1.86. The van der Waals surface area contributed by atoms with Crippen molar-refractivity contribution in [2.75, 3.05) is 4.31 Å². The summed E-state index contributed by atoms with van der Waals surface area (Å²) >= 11 is 0. The Morgan fingerprint density at radius 3 is 2.63 bits per heavy atom. The van der Waals surface area contributed by atoms with Crippen LogP contribution in [-0.2, 0) is 16.4 Å². The molecule has 1 aromatic heterocycles. The van der Waals surface area contributed by atoms with Crippen LogP contribution in [0.15, 0.2) is 77.8 Å². The van der Waals surface area contributed by atoms with E-state index >= 15 is 0 Å². The zero-order valence-electron chi connectivity index (χ0n) is 16.3. The Morgan fingerprint density at radius 2 is 1.90 bits per heavy atom. The highest BCUT2D eigenvalue weighted by atomic mass is 32.2. The minimum absolute atomic E-state index is 0.0228. The van der Waals surface area contributed by atoms with Gasteiger partial charge < -0.3 is 0 Å². The van der Waals surface area contributed by atoms with Crippen molar-refractivity contribution >= 4 is 21.5 Å². The van der Waals surface area contributed by atoms with E-state index in [0.29, 0.717) is 17.8 Å². The van der Waals surface area contributed by atoms with Gasteiger partial charge in [0.05, 0.1) is 22.3 Å². The molecule has 0 amide bonds. The van der Waals surface area contributed by atoms with Gasteiger partial charge >= 0.3 is 0 Å². The molecule has 0 radical (unpaired) electrons. The third-order valence-corrected chi connectivity index (χ3v) is 7.12. The summed E-state index contributed by atoms with van der Waals surface area (Å²) in [7, 11) is -3.87. The summed E-state index contributed by atoms with van der Waals surface area (Å²) in [4.78, 5) is 17.1. The lowest BCUT2D eigenvalue weighted by atomic mass is 9.95. The van der Waals surface area contributed by atoms with Crippen LogP contribution >= 0.6 is 0 Å². The number of nitrogens with zero attached hydrogens (tertiary/aromatic N) is 3. The van der Waals surface area contributed by atoms with Gasteiger partial charge in [0, 0.05) is 17.8 Å². The number of nitriles is 1. The number of carbonyl (C=O) groups excluding carboxylic acids is 1. The Morgan fingerprint density at radius 1 is 1.13 bits per heavy atom. The average Bonchev–Trinajstić information content (AvgIpc) is 3.11. The molecule has 3 aromatic rings. The van der Waals surface area contributed by atoms with Gasteiger partial charge in [-0.25, -0.2) is 8.42 Å². The van der Waals surface area contributed by atoms with Crippen LogP contribution in [0.2, 0.25) is 0 Å². The zero-order valence-corrected chi connectivity index (χ0v) is 17.1. The molecule has 30 heavy (non-hydrogen) atoms. The normalized spacial score (nSPS) is 16.5. The van der Waals surface area contributed by atoms with E-state index in [2.05, 4.69) is 4.98 Å². The number of hydrogen-bond donors (Lipinski definition) is 0. The van der Waals surface area contributed by atoms with Gasteiger partial charge in [-0.3, -0.25) is 14.1 Å². The van der Waals surface area contributed by atoms with Crippen LogP contribution in [0.1, 0.15) is 34.5 Å². The molecule has 2 aromatic carbocycles. The molecule has 0 unspecified atom stereocenters. The summed E-state index contributed by atoms with van der Waals surface area (Å²) < 4.78 is 28.3. The van der Waals surface area contributed by atoms with E-state index in [1.165, 1.54) is 34.8 Å². The van der Waals surface area contributed by atoms with Crippen molar-refractivity contribution in [1.82, 2.24) is 4.98 Å². The molecule has 6 nitrogen and oxygen atoms in total. The van der Waals surface area contributed by atoms with Gasteiger partial charge in [0.2, 0.25) is 0 Å². The fourth-order valence-corrected chi connectivity index (χ4v) is 5.54. The Bertz CT molecular complexity index is 1250. The van der Waals surface area contributed by atoms with E-state index in [4.69, 9.17) is 0 Å². The molecule has 0 aliphatic carbocycles. The molecule has 0 spiro atoms. The lowest BCUT2D eigenvalue weighted by Crippen LogP contribution is -2.35. The van der Waals surface area contributed by atoms with E-state index in [9.17, 15) is 18.5 Å². The molecular formula is C23H19N3O3S. The van der Waals surface area contributed by atoms with Gasteiger partial charge in [-0.15, -0.1) is 0 Å². The number of sulfonamides is 1. The van der Waals surface area contributed by atoms with Gasteiger partial charge in [0.25, 0.3) is 10.0 Å². The molecule has 4 rings (SSSR count). The van der Waals surface area contributed by atoms with E-state index in [1.807, 2.05) is 31.2 Å². The second kappa shape index (κ2) is 7.73. The van der Waals surface area contributed by atoms with E-state index in [1.54, 1.807) is 24.3 Å². The summed E-state index contributed by atoms with van der Waals surface area (Å²) in [5.41, 5.74) is 2.12. The molecule has 1 aliphatic rings. The predicted molar refractivity (Wildman–Crippen MR) is 113 cm³/mol. The quantitative estimate of drug-likeness (QED) is 0.590. The largest absolute Gasteiger partial charge is 0.292 e. The monoisotopic (exact) mass is 417 g/mol. The molecule has 7 heteroatoms. The number of pyridine rings is 1. The highest BCUT2D eigenvalue weighted by Crippen LogP contribution is 2.36. The Kier molecular flexibility index (Phi) is 5.10. The third-order valence-electron chi connectivity index (χ3n) is 5.19. The molecule has 1 aliphatic heterocycles. The minimum atomic E-state index is -3.87. The maximum Gasteiger partial charge on any atom is 0.264 e. The lowest BCUT2D eigenvalue weighted by Gasteiger charge is -2.24. The van der Waals surface area contributed by atoms with Crippen LogP contribution < -0.4 is 4.31 Å². The number of ketones is 1. The highest BCUT2D eigenvalue weighted by Gasteiger charge is 2.36. The molecule has 0 fully saturated rings. The first-order chi connectivity index (χ1) is 14.4. The first-order valence-electron chi connectivity index (χ1n) is 9.50. The first-order valence-corrected chi connectivity index (χ1v) is 10.9. The van der Waals surface area contributed by atoms with Crippen LogP contribution in [0, 0.1) is 11.3 Å². The maximum atomic E-state index is 13.4. The van der Waals surface area contributed by atoms with Crippen LogP contribution in [0.5, 0.6) is 0 Å². The Balaban J connectivity index is 1.72. The first kappa shape index (κ1) is 19.8. The van der Waals surface area contributed by atoms with E-state index in [0.717, 1.165) is 5.56 Å². The molecule has 0 saturated carbocycles. The third kappa shape index (κ3) is 3.36. The van der Waals surface area contributed by atoms with Crippen molar-refractivity contribution < 1.29 is 13.2 Å². The van der Waals surface area contributed by atoms with Crippen molar-refractivity contribution in [3.63, 3.8) is 0 Å². The number of anilines is 1. The molecule has 2 heterocycles. The SMILES string of the molecule is C[C@@H]1Cc2ccccc2N1S(=O)(=O)c1cccc(C(=O)[C@@H](C#N)c2ccccn2)c1. The molecular weight excluding hydrogens is 398 g/mol. The minimum Gasteiger partial charge on any atom is -0.292 e. The van der Waals surface area contributed by atoms with Crippen molar-refractivity contribution in [3.8, 4) is 6.07 Å². The summed E-state index contributed by atoms with van der Waals surface area (Å²) in [5, 5.41) is 9.52. The molecule has 0 bridgehead atoms. The fraction of sp³-hybridized carbons (Fsp3) is 0.174. The topological polar surface area (TPSA) is 91.1 Å². The van der Waals surface area contributed by atoms with Crippen LogP contribution in [0.25, 0.3) is 0 Å². The van der Waals surface area contributed by atoms with Gasteiger partial charge in [0.15, 0.2) is 11.7 Å². The van der Waals surface area contributed by atoms with Crippen molar-refractivity contribution in [3.05, 3.63) is 89.7 Å². The summed E-state index contributed by atoms with van der Waals surface area (Å²) in [5.74, 6) is -1.58. The molecule has 2 atom stereocenters. The standard InChI is InChI=1S/C23H19N3O3S/c1-16-13-17-7-2-3-11-22(17)26(16)30(28,29)19-9-6-8-18(14-19)23(27)20(15-24)21-10-4-5-12-25-21/h2-12,14,16,20H,13H2,1H3/t16-,20+/m1/s1. The number of Topliss-reactive ketones (excluding diaryl/α,β-unsaturated/α-hetero) is 1. The predicted octanol–water partition coefficient (Wildman–Crippen LogP) is 3.71. The Hall–Kier alpha value is -3.50. The number of rotatable bonds is 5. The van der Waals surface area contributed by atoms with E-state index < -0.39 is 21.7 Å². The van der Waals surface area contributed by atoms with Crippen LogP contribution in [0.3, 0.4) is 0 Å². The van der Waals surface area contributed by atoms with E-state index in [-0.39, 0.29) is 16.5 Å². The fourth-order valence-electron chi connectivity index (χ4n) is 3.80. The summed E-state index contributed by atoms with van der Waals surface area (Å²) in [6.07, 6.45) is 2.14. The molecule has 0 saturated heterocycles.